The summed E-state index contributed by atoms with van der Waals surface area (Å²) in [7, 11) is 0. The zero-order valence-corrected chi connectivity index (χ0v) is 8.90. The molecule has 0 spiro atoms. The second kappa shape index (κ2) is 3.46. The molecule has 0 saturated carbocycles. The summed E-state index contributed by atoms with van der Waals surface area (Å²) in [5.74, 6) is -1.70. The molecule has 0 amide bonds. The van der Waals surface area contributed by atoms with Crippen molar-refractivity contribution in [2.75, 3.05) is 0 Å². The van der Waals surface area contributed by atoms with Crippen molar-refractivity contribution in [2.45, 2.75) is 26.2 Å². The Labute approximate surface area is 87.8 Å². The van der Waals surface area contributed by atoms with Gasteiger partial charge in [0.2, 0.25) is 0 Å². The summed E-state index contributed by atoms with van der Waals surface area (Å²) in [5.41, 5.74) is -0.285. The zero-order valence-electron chi connectivity index (χ0n) is 8.90. The Balaban J connectivity index is 3.49. The van der Waals surface area contributed by atoms with Gasteiger partial charge in [-0.2, -0.15) is 0 Å². The lowest BCUT2D eigenvalue weighted by Crippen LogP contribution is -2.13. The largest absolute Gasteiger partial charge is 0.508 e. The molecule has 0 aliphatic rings. The van der Waals surface area contributed by atoms with Gasteiger partial charge in [-0.25, -0.2) is 4.79 Å². The molecular weight excluding hydrogens is 196 g/mol. The van der Waals surface area contributed by atoms with Crippen molar-refractivity contribution >= 4 is 5.97 Å². The van der Waals surface area contributed by atoms with Gasteiger partial charge in [-0.1, -0.05) is 20.8 Å². The Bertz CT molecular complexity index is 402. The first-order chi connectivity index (χ1) is 6.73. The zero-order chi connectivity index (χ0) is 11.8. The van der Waals surface area contributed by atoms with E-state index >= 15 is 0 Å². The quantitative estimate of drug-likeness (QED) is 0.620. The van der Waals surface area contributed by atoms with E-state index in [0.29, 0.717) is 5.56 Å². The van der Waals surface area contributed by atoms with Crippen LogP contribution in [0.3, 0.4) is 0 Å². The van der Waals surface area contributed by atoms with Crippen LogP contribution >= 0.6 is 0 Å². The Hall–Kier alpha value is -1.71. The number of phenols is 2. The minimum Gasteiger partial charge on any atom is -0.508 e. The van der Waals surface area contributed by atoms with Gasteiger partial charge in [0.1, 0.15) is 17.1 Å². The lowest BCUT2D eigenvalue weighted by molar-refractivity contribution is 0.0693. The minimum atomic E-state index is -1.26. The minimum absolute atomic E-state index is 0.157. The maximum absolute atomic E-state index is 10.8. The number of phenolic OH excluding ortho intramolecular Hbond substituents is 1. The SMILES string of the molecule is CC(C)(C)c1cc(O)cc(C(=O)O)c1O. The lowest BCUT2D eigenvalue weighted by Gasteiger charge is -2.21. The number of carboxylic acids is 1. The first kappa shape index (κ1) is 11.4. The van der Waals surface area contributed by atoms with Crippen molar-refractivity contribution in [2.24, 2.45) is 0 Å². The number of hydrogen-bond acceptors (Lipinski definition) is 3. The third-order valence-electron chi connectivity index (χ3n) is 2.13. The fourth-order valence-electron chi connectivity index (χ4n) is 1.35. The van der Waals surface area contributed by atoms with Crippen molar-refractivity contribution in [1.29, 1.82) is 0 Å². The van der Waals surface area contributed by atoms with Crippen LogP contribution in [0.15, 0.2) is 12.1 Å². The number of carbonyl (C=O) groups is 1. The Morgan fingerprint density at radius 1 is 1.20 bits per heavy atom. The molecule has 0 radical (unpaired) electrons. The van der Waals surface area contributed by atoms with Gasteiger partial charge in [-0.05, 0) is 17.5 Å². The van der Waals surface area contributed by atoms with Crippen LogP contribution in [0.5, 0.6) is 11.5 Å². The van der Waals surface area contributed by atoms with E-state index in [1.54, 1.807) is 0 Å². The highest BCUT2D eigenvalue weighted by molar-refractivity contribution is 5.92. The maximum atomic E-state index is 10.8. The van der Waals surface area contributed by atoms with Crippen molar-refractivity contribution in [3.8, 4) is 11.5 Å². The van der Waals surface area contributed by atoms with Gasteiger partial charge in [-0.3, -0.25) is 0 Å². The Morgan fingerprint density at radius 2 is 1.73 bits per heavy atom. The number of aromatic carboxylic acids is 1. The van der Waals surface area contributed by atoms with Crippen LogP contribution in [-0.2, 0) is 5.41 Å². The van der Waals surface area contributed by atoms with Gasteiger partial charge in [0.25, 0.3) is 0 Å². The van der Waals surface area contributed by atoms with Gasteiger partial charge < -0.3 is 15.3 Å². The van der Waals surface area contributed by atoms with Gasteiger partial charge in [0.15, 0.2) is 0 Å². The standard InChI is InChI=1S/C11H14O4/c1-11(2,3)8-5-6(12)4-7(9(8)13)10(14)15/h4-5,12-13H,1-3H3,(H,14,15). The normalized spacial score (nSPS) is 11.4. The van der Waals surface area contributed by atoms with E-state index < -0.39 is 11.4 Å². The van der Waals surface area contributed by atoms with Crippen LogP contribution in [0.25, 0.3) is 0 Å². The van der Waals surface area contributed by atoms with Crippen LogP contribution in [0.2, 0.25) is 0 Å². The summed E-state index contributed by atoms with van der Waals surface area (Å²) >= 11 is 0. The molecule has 1 rings (SSSR count). The van der Waals surface area contributed by atoms with E-state index in [-0.39, 0.29) is 17.1 Å². The first-order valence-electron chi connectivity index (χ1n) is 4.53. The molecular formula is C11H14O4. The molecule has 4 heteroatoms. The summed E-state index contributed by atoms with van der Waals surface area (Å²) in [6.07, 6.45) is 0. The van der Waals surface area contributed by atoms with Crippen LogP contribution in [0, 0.1) is 0 Å². The Kier molecular flexibility index (Phi) is 2.62. The first-order valence-corrected chi connectivity index (χ1v) is 4.53. The van der Waals surface area contributed by atoms with Crippen LogP contribution < -0.4 is 0 Å². The molecule has 82 valence electrons. The van der Waals surface area contributed by atoms with E-state index in [1.807, 2.05) is 20.8 Å². The Morgan fingerprint density at radius 3 is 2.13 bits per heavy atom. The molecule has 3 N–H and O–H groups in total. The summed E-state index contributed by atoms with van der Waals surface area (Å²) in [4.78, 5) is 10.8. The van der Waals surface area contributed by atoms with Crippen LogP contribution in [0.4, 0.5) is 0 Å². The van der Waals surface area contributed by atoms with Gasteiger partial charge in [0, 0.05) is 5.56 Å². The fraction of sp³-hybridized carbons (Fsp3) is 0.364. The molecule has 0 aromatic heterocycles. The summed E-state index contributed by atoms with van der Waals surface area (Å²) in [6.45, 7) is 5.48. The molecule has 0 heterocycles. The molecule has 15 heavy (non-hydrogen) atoms. The summed E-state index contributed by atoms with van der Waals surface area (Å²) in [6, 6.07) is 2.41. The lowest BCUT2D eigenvalue weighted by atomic mass is 9.85. The molecule has 0 aliphatic heterocycles. The molecule has 4 nitrogen and oxygen atoms in total. The van der Waals surface area contributed by atoms with Crippen molar-refractivity contribution < 1.29 is 20.1 Å². The number of aromatic hydroxyl groups is 2. The molecule has 0 aliphatic carbocycles. The number of rotatable bonds is 1. The second-order valence-electron chi connectivity index (χ2n) is 4.44. The highest BCUT2D eigenvalue weighted by Crippen LogP contribution is 2.36. The van der Waals surface area contributed by atoms with E-state index in [2.05, 4.69) is 0 Å². The third-order valence-corrected chi connectivity index (χ3v) is 2.13. The predicted molar refractivity (Wildman–Crippen MR) is 55.4 cm³/mol. The molecule has 1 aromatic carbocycles. The monoisotopic (exact) mass is 210 g/mol. The smallest absolute Gasteiger partial charge is 0.339 e. The van der Waals surface area contributed by atoms with Crippen molar-refractivity contribution in [3.63, 3.8) is 0 Å². The number of benzene rings is 1. The van der Waals surface area contributed by atoms with E-state index in [1.165, 1.54) is 6.07 Å². The molecule has 0 saturated heterocycles. The second-order valence-corrected chi connectivity index (χ2v) is 4.44. The van der Waals surface area contributed by atoms with E-state index in [9.17, 15) is 15.0 Å². The average molecular weight is 210 g/mol. The highest BCUT2D eigenvalue weighted by Gasteiger charge is 2.23. The van der Waals surface area contributed by atoms with Crippen LogP contribution in [0.1, 0.15) is 36.7 Å². The van der Waals surface area contributed by atoms with Crippen molar-refractivity contribution in [3.05, 3.63) is 23.3 Å². The van der Waals surface area contributed by atoms with Gasteiger partial charge in [-0.15, -0.1) is 0 Å². The molecule has 1 aromatic rings. The molecule has 0 unspecified atom stereocenters. The van der Waals surface area contributed by atoms with Gasteiger partial charge >= 0.3 is 5.97 Å². The van der Waals surface area contributed by atoms with E-state index in [0.717, 1.165) is 6.07 Å². The highest BCUT2D eigenvalue weighted by atomic mass is 16.4. The van der Waals surface area contributed by atoms with Crippen LogP contribution in [-0.4, -0.2) is 21.3 Å². The van der Waals surface area contributed by atoms with E-state index in [4.69, 9.17) is 5.11 Å². The molecule has 0 bridgehead atoms. The summed E-state index contributed by atoms with van der Waals surface area (Å²) in [5, 5.41) is 27.9. The van der Waals surface area contributed by atoms with Crippen molar-refractivity contribution in [1.82, 2.24) is 0 Å². The maximum Gasteiger partial charge on any atom is 0.339 e. The average Bonchev–Trinajstić information content (AvgIpc) is 2.06. The number of hydrogen-bond donors (Lipinski definition) is 3. The van der Waals surface area contributed by atoms with Gasteiger partial charge in [0.05, 0.1) is 0 Å². The third kappa shape index (κ3) is 2.21. The predicted octanol–water partition coefficient (Wildman–Crippen LogP) is 2.09. The summed E-state index contributed by atoms with van der Waals surface area (Å²) < 4.78 is 0. The topological polar surface area (TPSA) is 77.8 Å². The fourth-order valence-corrected chi connectivity index (χ4v) is 1.35. The number of carboxylic acid groups (broad SMARTS) is 1. The molecule has 0 fully saturated rings. The molecule has 0 atom stereocenters.